The Hall–Kier alpha value is 0.110. The molecule has 1 rings (SSSR count). The predicted octanol–water partition coefficient (Wildman–Crippen LogP) is 2.78. The normalized spacial score (nSPS) is 10.2. The Balaban J connectivity index is 2.49. The SMILES string of the molecule is Cc1ncsc1CCCBr. The van der Waals surface area contributed by atoms with Crippen molar-refractivity contribution >= 4 is 27.3 Å². The summed E-state index contributed by atoms with van der Waals surface area (Å²) in [6.07, 6.45) is 2.38. The van der Waals surface area contributed by atoms with E-state index in [2.05, 4.69) is 27.8 Å². The molecule has 0 aliphatic carbocycles. The van der Waals surface area contributed by atoms with E-state index in [1.54, 1.807) is 11.3 Å². The van der Waals surface area contributed by atoms with Gasteiger partial charge in [0.2, 0.25) is 0 Å². The van der Waals surface area contributed by atoms with Crippen molar-refractivity contribution in [2.24, 2.45) is 0 Å². The van der Waals surface area contributed by atoms with Gasteiger partial charge < -0.3 is 0 Å². The number of nitrogens with zero attached hydrogens (tertiary/aromatic N) is 1. The highest BCUT2D eigenvalue weighted by molar-refractivity contribution is 9.09. The molecule has 0 N–H and O–H groups in total. The number of hydrogen-bond donors (Lipinski definition) is 0. The zero-order valence-electron chi connectivity index (χ0n) is 5.93. The van der Waals surface area contributed by atoms with Crippen LogP contribution in [-0.4, -0.2) is 10.3 Å². The van der Waals surface area contributed by atoms with E-state index in [0.717, 1.165) is 5.33 Å². The molecule has 56 valence electrons. The smallest absolute Gasteiger partial charge is 0.0797 e. The molecule has 0 saturated heterocycles. The molecule has 1 heterocycles. The van der Waals surface area contributed by atoms with Crippen molar-refractivity contribution in [3.05, 3.63) is 16.1 Å². The molecule has 0 amide bonds. The summed E-state index contributed by atoms with van der Waals surface area (Å²) in [5.41, 5.74) is 3.12. The molecule has 0 radical (unpaired) electrons. The Labute approximate surface area is 73.6 Å². The number of rotatable bonds is 3. The Morgan fingerprint density at radius 1 is 1.70 bits per heavy atom. The second kappa shape index (κ2) is 4.09. The number of alkyl halides is 1. The van der Waals surface area contributed by atoms with Gasteiger partial charge in [0.15, 0.2) is 0 Å². The van der Waals surface area contributed by atoms with Crippen molar-refractivity contribution in [2.75, 3.05) is 5.33 Å². The molecule has 10 heavy (non-hydrogen) atoms. The van der Waals surface area contributed by atoms with E-state index in [1.807, 2.05) is 5.51 Å². The standard InChI is InChI=1S/C7H10BrNS/c1-6-7(3-2-4-8)10-5-9-6/h5H,2-4H2,1H3. The van der Waals surface area contributed by atoms with Crippen LogP contribution in [0.5, 0.6) is 0 Å². The minimum absolute atomic E-state index is 1.09. The third-order valence-electron chi connectivity index (χ3n) is 1.38. The average Bonchev–Trinajstić information content (AvgIpc) is 2.31. The summed E-state index contributed by atoms with van der Waals surface area (Å²) in [4.78, 5) is 5.60. The maximum Gasteiger partial charge on any atom is 0.0797 e. The summed E-state index contributed by atoms with van der Waals surface area (Å²) in [7, 11) is 0. The van der Waals surface area contributed by atoms with Gasteiger partial charge in [0.05, 0.1) is 11.2 Å². The maximum absolute atomic E-state index is 4.17. The first-order valence-corrected chi connectivity index (χ1v) is 5.29. The molecule has 0 atom stereocenters. The van der Waals surface area contributed by atoms with Crippen molar-refractivity contribution in [3.8, 4) is 0 Å². The fourth-order valence-corrected chi connectivity index (χ4v) is 1.90. The Bertz CT molecular complexity index is 197. The van der Waals surface area contributed by atoms with Crippen LogP contribution >= 0.6 is 27.3 Å². The van der Waals surface area contributed by atoms with Crippen LogP contribution in [0.2, 0.25) is 0 Å². The molecular formula is C7H10BrNS. The summed E-state index contributed by atoms with van der Waals surface area (Å²) < 4.78 is 0. The van der Waals surface area contributed by atoms with Crippen LogP contribution in [0.15, 0.2) is 5.51 Å². The molecule has 1 aromatic heterocycles. The van der Waals surface area contributed by atoms with E-state index in [9.17, 15) is 0 Å². The van der Waals surface area contributed by atoms with E-state index >= 15 is 0 Å². The number of hydrogen-bond acceptors (Lipinski definition) is 2. The van der Waals surface area contributed by atoms with E-state index in [1.165, 1.54) is 23.4 Å². The monoisotopic (exact) mass is 219 g/mol. The first kappa shape index (κ1) is 8.21. The lowest BCUT2D eigenvalue weighted by molar-refractivity contribution is 0.942. The Morgan fingerprint density at radius 2 is 2.50 bits per heavy atom. The average molecular weight is 220 g/mol. The van der Waals surface area contributed by atoms with Crippen molar-refractivity contribution in [2.45, 2.75) is 19.8 Å². The zero-order valence-corrected chi connectivity index (χ0v) is 8.33. The van der Waals surface area contributed by atoms with Crippen LogP contribution in [0.25, 0.3) is 0 Å². The van der Waals surface area contributed by atoms with Gasteiger partial charge in [0, 0.05) is 10.2 Å². The quantitative estimate of drug-likeness (QED) is 0.713. The van der Waals surface area contributed by atoms with Crippen LogP contribution in [-0.2, 0) is 6.42 Å². The van der Waals surface area contributed by atoms with Gasteiger partial charge in [0.25, 0.3) is 0 Å². The summed E-state index contributed by atoms with van der Waals surface area (Å²) in [6.45, 7) is 2.07. The highest BCUT2D eigenvalue weighted by Gasteiger charge is 1.98. The van der Waals surface area contributed by atoms with Crippen LogP contribution in [0.1, 0.15) is 17.0 Å². The van der Waals surface area contributed by atoms with Gasteiger partial charge >= 0.3 is 0 Å². The largest absolute Gasteiger partial charge is 0.250 e. The number of halogens is 1. The molecule has 3 heteroatoms. The Kier molecular flexibility index (Phi) is 3.35. The molecule has 0 aromatic carbocycles. The summed E-state index contributed by atoms with van der Waals surface area (Å²) in [5.74, 6) is 0. The lowest BCUT2D eigenvalue weighted by Crippen LogP contribution is -1.84. The van der Waals surface area contributed by atoms with Crippen molar-refractivity contribution in [3.63, 3.8) is 0 Å². The van der Waals surface area contributed by atoms with Crippen LogP contribution < -0.4 is 0 Å². The minimum atomic E-state index is 1.09. The summed E-state index contributed by atoms with van der Waals surface area (Å²) >= 11 is 5.16. The molecule has 0 aliphatic heterocycles. The molecule has 0 bridgehead atoms. The van der Waals surface area contributed by atoms with Crippen molar-refractivity contribution < 1.29 is 0 Å². The molecule has 0 spiro atoms. The van der Waals surface area contributed by atoms with E-state index in [4.69, 9.17) is 0 Å². The van der Waals surface area contributed by atoms with Gasteiger partial charge in [-0.15, -0.1) is 11.3 Å². The first-order chi connectivity index (χ1) is 4.84. The van der Waals surface area contributed by atoms with Gasteiger partial charge in [-0.1, -0.05) is 15.9 Å². The van der Waals surface area contributed by atoms with Crippen LogP contribution in [0.4, 0.5) is 0 Å². The minimum Gasteiger partial charge on any atom is -0.250 e. The van der Waals surface area contributed by atoms with Gasteiger partial charge in [-0.2, -0.15) is 0 Å². The second-order valence-corrected chi connectivity index (χ2v) is 3.89. The van der Waals surface area contributed by atoms with Crippen molar-refractivity contribution in [1.29, 1.82) is 0 Å². The highest BCUT2D eigenvalue weighted by Crippen LogP contribution is 2.14. The van der Waals surface area contributed by atoms with Crippen LogP contribution in [0.3, 0.4) is 0 Å². The number of aryl methyl sites for hydroxylation is 2. The first-order valence-electron chi connectivity index (χ1n) is 3.29. The fraction of sp³-hybridized carbons (Fsp3) is 0.571. The van der Waals surface area contributed by atoms with Gasteiger partial charge in [-0.3, -0.25) is 0 Å². The predicted molar refractivity (Wildman–Crippen MR) is 49.0 cm³/mol. The maximum atomic E-state index is 4.17. The number of thiazole rings is 1. The molecule has 1 nitrogen and oxygen atoms in total. The zero-order chi connectivity index (χ0) is 7.40. The Morgan fingerprint density at radius 3 is 3.00 bits per heavy atom. The third-order valence-corrected chi connectivity index (χ3v) is 2.94. The molecule has 0 aliphatic rings. The molecule has 0 fully saturated rings. The molecular weight excluding hydrogens is 210 g/mol. The second-order valence-electron chi connectivity index (χ2n) is 2.15. The molecule has 0 unspecified atom stereocenters. The van der Waals surface area contributed by atoms with E-state index < -0.39 is 0 Å². The highest BCUT2D eigenvalue weighted by atomic mass is 79.9. The van der Waals surface area contributed by atoms with Gasteiger partial charge in [-0.05, 0) is 19.8 Å². The summed E-state index contributed by atoms with van der Waals surface area (Å²) in [5, 5.41) is 1.09. The third kappa shape index (κ3) is 2.06. The van der Waals surface area contributed by atoms with Gasteiger partial charge in [0.1, 0.15) is 0 Å². The number of aromatic nitrogens is 1. The van der Waals surface area contributed by atoms with Crippen molar-refractivity contribution in [1.82, 2.24) is 4.98 Å². The van der Waals surface area contributed by atoms with E-state index in [0.29, 0.717) is 0 Å². The molecule has 0 saturated carbocycles. The fourth-order valence-electron chi connectivity index (χ4n) is 0.794. The topological polar surface area (TPSA) is 12.9 Å². The van der Waals surface area contributed by atoms with Gasteiger partial charge in [-0.25, -0.2) is 4.98 Å². The lowest BCUT2D eigenvalue weighted by atomic mass is 10.2. The van der Waals surface area contributed by atoms with Crippen LogP contribution in [0, 0.1) is 6.92 Å². The van der Waals surface area contributed by atoms with E-state index in [-0.39, 0.29) is 0 Å². The lowest BCUT2D eigenvalue weighted by Gasteiger charge is -1.93. The molecule has 1 aromatic rings. The summed E-state index contributed by atoms with van der Waals surface area (Å²) in [6, 6.07) is 0.